The SMILES string of the molecule is Cc1ccccc1C1CCCN(C(=O)CCCc2cn[nH]c2)C1. The van der Waals surface area contributed by atoms with Gasteiger partial charge in [-0.05, 0) is 49.3 Å². The van der Waals surface area contributed by atoms with Crippen molar-refractivity contribution in [3.63, 3.8) is 0 Å². The van der Waals surface area contributed by atoms with Crippen LogP contribution in [0.3, 0.4) is 0 Å². The first kappa shape index (κ1) is 15.8. The molecule has 2 aromatic rings. The number of aromatic amines is 1. The number of nitrogens with one attached hydrogen (secondary N) is 1. The number of rotatable bonds is 5. The Bertz CT molecular complexity index is 636. The van der Waals surface area contributed by atoms with Crippen LogP contribution in [0.25, 0.3) is 0 Å². The minimum Gasteiger partial charge on any atom is -0.342 e. The van der Waals surface area contributed by atoms with Crippen LogP contribution < -0.4 is 0 Å². The highest BCUT2D eigenvalue weighted by Gasteiger charge is 2.25. The highest BCUT2D eigenvalue weighted by atomic mass is 16.2. The monoisotopic (exact) mass is 311 g/mol. The van der Waals surface area contributed by atoms with E-state index in [-0.39, 0.29) is 0 Å². The Labute approximate surface area is 137 Å². The molecule has 1 fully saturated rings. The fourth-order valence-corrected chi connectivity index (χ4v) is 3.52. The molecule has 1 N–H and O–H groups in total. The maximum atomic E-state index is 12.5. The van der Waals surface area contributed by atoms with Gasteiger partial charge >= 0.3 is 0 Å². The number of hydrogen-bond acceptors (Lipinski definition) is 2. The van der Waals surface area contributed by atoms with Gasteiger partial charge in [-0.2, -0.15) is 5.10 Å². The summed E-state index contributed by atoms with van der Waals surface area (Å²) in [5.41, 5.74) is 3.92. The van der Waals surface area contributed by atoms with Crippen molar-refractivity contribution in [1.29, 1.82) is 0 Å². The maximum absolute atomic E-state index is 12.5. The number of aromatic nitrogens is 2. The summed E-state index contributed by atoms with van der Waals surface area (Å²) in [4.78, 5) is 14.6. The van der Waals surface area contributed by atoms with E-state index in [0.717, 1.165) is 32.4 Å². The van der Waals surface area contributed by atoms with Gasteiger partial charge in [0.25, 0.3) is 0 Å². The normalized spacial score (nSPS) is 18.1. The van der Waals surface area contributed by atoms with E-state index in [0.29, 0.717) is 18.2 Å². The van der Waals surface area contributed by atoms with Gasteiger partial charge in [0.15, 0.2) is 0 Å². The van der Waals surface area contributed by atoms with E-state index in [1.54, 1.807) is 0 Å². The van der Waals surface area contributed by atoms with Gasteiger partial charge in [-0.3, -0.25) is 9.89 Å². The van der Waals surface area contributed by atoms with E-state index in [1.165, 1.54) is 23.1 Å². The second-order valence-electron chi connectivity index (χ2n) is 6.50. The van der Waals surface area contributed by atoms with Crippen LogP contribution in [0.1, 0.15) is 48.3 Å². The Hall–Kier alpha value is -2.10. The Kier molecular flexibility index (Phi) is 5.11. The quantitative estimate of drug-likeness (QED) is 0.919. The maximum Gasteiger partial charge on any atom is 0.222 e. The van der Waals surface area contributed by atoms with Crippen LogP contribution in [0.5, 0.6) is 0 Å². The van der Waals surface area contributed by atoms with Gasteiger partial charge in [-0.25, -0.2) is 0 Å². The molecule has 3 rings (SSSR count). The fraction of sp³-hybridized carbons (Fsp3) is 0.474. The van der Waals surface area contributed by atoms with Crippen LogP contribution in [0, 0.1) is 6.92 Å². The molecule has 1 amide bonds. The lowest BCUT2D eigenvalue weighted by molar-refractivity contribution is -0.132. The van der Waals surface area contributed by atoms with E-state index in [4.69, 9.17) is 0 Å². The summed E-state index contributed by atoms with van der Waals surface area (Å²) in [7, 11) is 0. The van der Waals surface area contributed by atoms with Crippen LogP contribution in [0.4, 0.5) is 0 Å². The number of H-pyrrole nitrogens is 1. The molecule has 0 bridgehead atoms. The highest BCUT2D eigenvalue weighted by Crippen LogP contribution is 2.29. The lowest BCUT2D eigenvalue weighted by Crippen LogP contribution is -2.39. The van der Waals surface area contributed by atoms with Gasteiger partial charge in [0, 0.05) is 31.6 Å². The molecule has 1 aliphatic heterocycles. The third-order valence-electron chi connectivity index (χ3n) is 4.81. The molecule has 1 unspecified atom stereocenters. The van der Waals surface area contributed by atoms with E-state index in [9.17, 15) is 4.79 Å². The Morgan fingerprint density at radius 2 is 2.26 bits per heavy atom. The minimum atomic E-state index is 0.298. The number of benzene rings is 1. The van der Waals surface area contributed by atoms with E-state index in [1.807, 2.05) is 12.4 Å². The zero-order valence-corrected chi connectivity index (χ0v) is 13.8. The van der Waals surface area contributed by atoms with Gasteiger partial charge in [-0.1, -0.05) is 24.3 Å². The standard InChI is InChI=1S/C19H25N3O/c1-15-6-2-3-9-18(15)17-8-5-11-22(14-17)19(23)10-4-7-16-12-20-21-13-16/h2-3,6,9,12-13,17H,4-5,7-8,10-11,14H2,1H3,(H,20,21). The van der Waals surface area contributed by atoms with Crippen LogP contribution in [0.15, 0.2) is 36.7 Å². The van der Waals surface area contributed by atoms with Crippen molar-refractivity contribution >= 4 is 5.91 Å². The average Bonchev–Trinajstić information content (AvgIpc) is 3.09. The Morgan fingerprint density at radius 1 is 1.39 bits per heavy atom. The number of likely N-dealkylation sites (tertiary alicyclic amines) is 1. The van der Waals surface area contributed by atoms with Crippen molar-refractivity contribution in [3.8, 4) is 0 Å². The first-order valence-corrected chi connectivity index (χ1v) is 8.55. The first-order valence-electron chi connectivity index (χ1n) is 8.55. The highest BCUT2D eigenvalue weighted by molar-refractivity contribution is 5.76. The summed E-state index contributed by atoms with van der Waals surface area (Å²) in [6.45, 7) is 3.95. The largest absolute Gasteiger partial charge is 0.342 e. The van der Waals surface area contributed by atoms with Crippen LogP contribution in [-0.4, -0.2) is 34.1 Å². The molecule has 1 aliphatic rings. The zero-order valence-electron chi connectivity index (χ0n) is 13.8. The van der Waals surface area contributed by atoms with Crippen molar-refractivity contribution in [2.75, 3.05) is 13.1 Å². The molecule has 2 heterocycles. The van der Waals surface area contributed by atoms with Gasteiger partial charge in [-0.15, -0.1) is 0 Å². The summed E-state index contributed by atoms with van der Waals surface area (Å²) in [5.74, 6) is 0.787. The predicted molar refractivity (Wildman–Crippen MR) is 91.3 cm³/mol. The molecule has 1 aromatic carbocycles. The number of amides is 1. The molecule has 0 spiro atoms. The first-order chi connectivity index (χ1) is 11.2. The van der Waals surface area contributed by atoms with Gasteiger partial charge in [0.2, 0.25) is 5.91 Å². The van der Waals surface area contributed by atoms with Gasteiger partial charge in [0.1, 0.15) is 0 Å². The van der Waals surface area contributed by atoms with Crippen molar-refractivity contribution < 1.29 is 4.79 Å². The van der Waals surface area contributed by atoms with E-state index >= 15 is 0 Å². The second-order valence-corrected chi connectivity index (χ2v) is 6.50. The summed E-state index contributed by atoms with van der Waals surface area (Å²) in [5, 5.41) is 6.76. The van der Waals surface area contributed by atoms with Crippen LogP contribution >= 0.6 is 0 Å². The molecule has 4 heteroatoms. The molecular formula is C19H25N3O. The minimum absolute atomic E-state index is 0.298. The number of carbonyl (C=O) groups excluding carboxylic acids is 1. The van der Waals surface area contributed by atoms with Crippen molar-refractivity contribution in [2.24, 2.45) is 0 Å². The fourth-order valence-electron chi connectivity index (χ4n) is 3.52. The Morgan fingerprint density at radius 3 is 3.04 bits per heavy atom. The number of carbonyl (C=O) groups is 1. The second kappa shape index (κ2) is 7.44. The summed E-state index contributed by atoms with van der Waals surface area (Å²) in [6, 6.07) is 8.57. The van der Waals surface area contributed by atoms with E-state index < -0.39 is 0 Å². The predicted octanol–water partition coefficient (Wildman–Crippen LogP) is 3.45. The number of nitrogens with zero attached hydrogens (tertiary/aromatic N) is 2. The molecule has 0 radical (unpaired) electrons. The summed E-state index contributed by atoms with van der Waals surface area (Å²) in [6.07, 6.45) is 8.46. The third kappa shape index (κ3) is 4.01. The van der Waals surface area contributed by atoms with Crippen molar-refractivity contribution in [1.82, 2.24) is 15.1 Å². The Balaban J connectivity index is 1.53. The van der Waals surface area contributed by atoms with Crippen LogP contribution in [-0.2, 0) is 11.2 Å². The number of piperidine rings is 1. The molecule has 1 atom stereocenters. The summed E-state index contributed by atoms with van der Waals surface area (Å²) >= 11 is 0. The lowest BCUT2D eigenvalue weighted by atomic mass is 9.88. The number of aryl methyl sites for hydroxylation is 2. The van der Waals surface area contributed by atoms with Gasteiger partial charge in [0.05, 0.1) is 6.20 Å². The van der Waals surface area contributed by atoms with Crippen molar-refractivity contribution in [3.05, 3.63) is 53.3 Å². The van der Waals surface area contributed by atoms with Crippen molar-refractivity contribution in [2.45, 2.75) is 44.9 Å². The summed E-state index contributed by atoms with van der Waals surface area (Å²) < 4.78 is 0. The molecular weight excluding hydrogens is 286 g/mol. The van der Waals surface area contributed by atoms with E-state index in [2.05, 4.69) is 46.3 Å². The molecule has 1 aromatic heterocycles. The third-order valence-corrected chi connectivity index (χ3v) is 4.81. The molecule has 4 nitrogen and oxygen atoms in total. The zero-order chi connectivity index (χ0) is 16.1. The topological polar surface area (TPSA) is 49.0 Å². The molecule has 23 heavy (non-hydrogen) atoms. The molecule has 0 saturated carbocycles. The molecule has 1 saturated heterocycles. The lowest BCUT2D eigenvalue weighted by Gasteiger charge is -2.33. The molecule has 122 valence electrons. The molecule has 0 aliphatic carbocycles. The smallest absolute Gasteiger partial charge is 0.222 e. The number of hydrogen-bond donors (Lipinski definition) is 1. The average molecular weight is 311 g/mol. The van der Waals surface area contributed by atoms with Crippen LogP contribution in [0.2, 0.25) is 0 Å². The van der Waals surface area contributed by atoms with Gasteiger partial charge < -0.3 is 4.90 Å².